The van der Waals surface area contributed by atoms with Crippen LogP contribution in [0.1, 0.15) is 28.4 Å². The second kappa shape index (κ2) is 7.30. The molecule has 0 fully saturated rings. The fraction of sp³-hybridized carbons (Fsp3) is 0.333. The quantitative estimate of drug-likeness (QED) is 0.548. The lowest BCUT2D eigenvalue weighted by Gasteiger charge is -2.11. The van der Waals surface area contributed by atoms with E-state index in [1.807, 2.05) is 13.4 Å². The van der Waals surface area contributed by atoms with Crippen LogP contribution in [0.4, 0.5) is 0 Å². The third-order valence-electron chi connectivity index (χ3n) is 4.70. The number of imidazole rings is 1. The van der Waals surface area contributed by atoms with E-state index in [0.29, 0.717) is 17.9 Å². The summed E-state index contributed by atoms with van der Waals surface area (Å²) in [6, 6.07) is 11.3. The molecule has 0 aliphatic carbocycles. The monoisotopic (exact) mass is 353 g/mol. The number of Topliss-reactive ketones (excluding diaryl/α,β-unsaturated/α-hetero) is 1. The van der Waals surface area contributed by atoms with Gasteiger partial charge in [-0.25, -0.2) is 9.13 Å². The second-order valence-electron chi connectivity index (χ2n) is 6.85. The molecule has 0 aliphatic rings. The predicted octanol–water partition coefficient (Wildman–Crippen LogP) is 2.73. The van der Waals surface area contributed by atoms with E-state index in [2.05, 4.69) is 35.1 Å². The van der Waals surface area contributed by atoms with Crippen molar-refractivity contribution in [1.82, 2.24) is 4.57 Å². The molecule has 5 nitrogen and oxygen atoms in total. The predicted molar refractivity (Wildman–Crippen MR) is 101 cm³/mol. The van der Waals surface area contributed by atoms with E-state index in [9.17, 15) is 9.90 Å². The van der Waals surface area contributed by atoms with Crippen molar-refractivity contribution in [3.63, 3.8) is 0 Å². The average Bonchev–Trinajstić information content (AvgIpc) is 2.89. The summed E-state index contributed by atoms with van der Waals surface area (Å²) in [5, 5.41) is 10.4. The summed E-state index contributed by atoms with van der Waals surface area (Å²) in [7, 11) is 2.01. The first-order valence-electron chi connectivity index (χ1n) is 8.72. The Morgan fingerprint density at radius 2 is 1.85 bits per heavy atom. The molecule has 0 unspecified atom stereocenters. The van der Waals surface area contributed by atoms with Gasteiger partial charge in [0.05, 0.1) is 7.05 Å². The van der Waals surface area contributed by atoms with Crippen LogP contribution >= 0.6 is 0 Å². The molecular formula is C21H25N2O3+. The Labute approximate surface area is 153 Å². The number of aliphatic hydroxyl groups is 1. The van der Waals surface area contributed by atoms with Gasteiger partial charge in [-0.15, -0.1) is 0 Å². The van der Waals surface area contributed by atoms with Crippen molar-refractivity contribution in [3.05, 3.63) is 59.4 Å². The molecule has 26 heavy (non-hydrogen) atoms. The van der Waals surface area contributed by atoms with Gasteiger partial charge in [0.25, 0.3) is 0 Å². The van der Waals surface area contributed by atoms with Crippen LogP contribution in [0.3, 0.4) is 0 Å². The molecular weight excluding hydrogens is 328 g/mol. The van der Waals surface area contributed by atoms with Crippen molar-refractivity contribution < 1.29 is 19.2 Å². The molecule has 0 amide bonds. The SMILES string of the molecule is CC(=O)c1ccc(OC[C@H](O)Cn2c[n+](C)c3cc(C)c(C)cc32)cc1. The van der Waals surface area contributed by atoms with Crippen LogP contribution in [0, 0.1) is 13.8 Å². The van der Waals surface area contributed by atoms with Crippen molar-refractivity contribution in [2.75, 3.05) is 6.61 Å². The Kier molecular flexibility index (Phi) is 5.09. The molecule has 136 valence electrons. The summed E-state index contributed by atoms with van der Waals surface area (Å²) in [6.45, 7) is 6.37. The molecule has 0 saturated carbocycles. The minimum Gasteiger partial charge on any atom is -0.491 e. The Morgan fingerprint density at radius 1 is 1.19 bits per heavy atom. The topological polar surface area (TPSA) is 55.3 Å². The van der Waals surface area contributed by atoms with Gasteiger partial charge in [-0.05, 0) is 68.3 Å². The first-order valence-corrected chi connectivity index (χ1v) is 8.72. The van der Waals surface area contributed by atoms with E-state index in [-0.39, 0.29) is 12.4 Å². The first kappa shape index (κ1) is 18.1. The van der Waals surface area contributed by atoms with Gasteiger partial charge in [0, 0.05) is 5.56 Å². The fourth-order valence-corrected chi connectivity index (χ4v) is 3.04. The highest BCUT2D eigenvalue weighted by atomic mass is 16.5. The zero-order chi connectivity index (χ0) is 18.8. The summed E-state index contributed by atoms with van der Waals surface area (Å²) >= 11 is 0. The second-order valence-corrected chi connectivity index (χ2v) is 6.85. The first-order chi connectivity index (χ1) is 12.3. The van der Waals surface area contributed by atoms with Gasteiger partial charge in [0.2, 0.25) is 6.33 Å². The van der Waals surface area contributed by atoms with Crippen molar-refractivity contribution in [2.24, 2.45) is 7.05 Å². The van der Waals surface area contributed by atoms with Gasteiger partial charge in [0.1, 0.15) is 25.0 Å². The number of rotatable bonds is 6. The summed E-state index contributed by atoms with van der Waals surface area (Å²) in [4.78, 5) is 11.3. The van der Waals surface area contributed by atoms with Crippen LogP contribution in [0.15, 0.2) is 42.7 Å². The Morgan fingerprint density at radius 3 is 2.50 bits per heavy atom. The number of ketones is 1. The molecule has 0 bridgehead atoms. The zero-order valence-electron chi connectivity index (χ0n) is 15.7. The van der Waals surface area contributed by atoms with Crippen molar-refractivity contribution in [3.8, 4) is 5.75 Å². The fourth-order valence-electron chi connectivity index (χ4n) is 3.04. The van der Waals surface area contributed by atoms with Crippen LogP contribution in [0.5, 0.6) is 5.75 Å². The molecule has 1 aromatic heterocycles. The third-order valence-corrected chi connectivity index (χ3v) is 4.70. The number of fused-ring (bicyclic) bond motifs is 1. The third kappa shape index (κ3) is 3.78. The van der Waals surface area contributed by atoms with Gasteiger partial charge in [0.15, 0.2) is 16.8 Å². The van der Waals surface area contributed by atoms with Crippen LogP contribution in [0.2, 0.25) is 0 Å². The van der Waals surface area contributed by atoms with Crippen LogP contribution in [0.25, 0.3) is 11.0 Å². The molecule has 3 aromatic rings. The molecule has 5 heteroatoms. The van der Waals surface area contributed by atoms with E-state index in [1.165, 1.54) is 18.1 Å². The number of aryl methyl sites for hydroxylation is 3. The van der Waals surface area contributed by atoms with Gasteiger partial charge in [-0.3, -0.25) is 4.79 Å². The molecule has 1 heterocycles. The molecule has 2 aromatic carbocycles. The highest BCUT2D eigenvalue weighted by Gasteiger charge is 2.18. The van der Waals surface area contributed by atoms with Crippen LogP contribution < -0.4 is 9.30 Å². The summed E-state index contributed by atoms with van der Waals surface area (Å²) < 4.78 is 9.77. The van der Waals surface area contributed by atoms with E-state index in [1.54, 1.807) is 24.3 Å². The van der Waals surface area contributed by atoms with E-state index in [0.717, 1.165) is 11.0 Å². The number of aliphatic hydroxyl groups excluding tert-OH is 1. The lowest BCUT2D eigenvalue weighted by molar-refractivity contribution is -0.645. The Balaban J connectivity index is 1.68. The van der Waals surface area contributed by atoms with E-state index >= 15 is 0 Å². The molecule has 1 atom stereocenters. The normalized spacial score (nSPS) is 12.3. The highest BCUT2D eigenvalue weighted by molar-refractivity contribution is 5.94. The summed E-state index contributed by atoms with van der Waals surface area (Å²) in [6.07, 6.45) is 1.36. The Hall–Kier alpha value is -2.66. The number of aromatic nitrogens is 2. The maximum Gasteiger partial charge on any atom is 0.244 e. The Bertz CT molecular complexity index is 942. The van der Waals surface area contributed by atoms with Gasteiger partial charge in [-0.2, -0.15) is 0 Å². The average molecular weight is 353 g/mol. The van der Waals surface area contributed by atoms with Crippen LogP contribution in [-0.2, 0) is 13.6 Å². The minimum atomic E-state index is -0.639. The molecule has 0 aliphatic heterocycles. The number of ether oxygens (including phenoxy) is 1. The zero-order valence-corrected chi connectivity index (χ0v) is 15.7. The van der Waals surface area contributed by atoms with Gasteiger partial charge < -0.3 is 9.84 Å². The van der Waals surface area contributed by atoms with Crippen LogP contribution in [-0.4, -0.2) is 28.2 Å². The molecule has 1 N–H and O–H groups in total. The van der Waals surface area contributed by atoms with E-state index < -0.39 is 6.10 Å². The number of nitrogens with zero attached hydrogens (tertiary/aromatic N) is 2. The van der Waals surface area contributed by atoms with Crippen molar-refractivity contribution in [2.45, 2.75) is 33.4 Å². The summed E-state index contributed by atoms with van der Waals surface area (Å²) in [5.41, 5.74) is 5.37. The number of hydrogen-bond acceptors (Lipinski definition) is 3. The van der Waals surface area contributed by atoms with Crippen molar-refractivity contribution in [1.29, 1.82) is 0 Å². The standard InChI is InChI=1S/C21H25N2O3/c1-14-9-20-21(10-15(14)2)23(13-22(20)4)11-18(25)12-26-19-7-5-17(6-8-19)16(3)24/h5-10,13,18,25H,11-12H2,1-4H3/q+1/t18-/m1/s1. The lowest BCUT2D eigenvalue weighted by atomic mass is 10.1. The smallest absolute Gasteiger partial charge is 0.244 e. The summed E-state index contributed by atoms with van der Waals surface area (Å²) in [5.74, 6) is 0.665. The number of hydrogen-bond donors (Lipinski definition) is 1. The number of carbonyl (C=O) groups is 1. The molecule has 0 spiro atoms. The maximum absolute atomic E-state index is 11.3. The largest absolute Gasteiger partial charge is 0.491 e. The van der Waals surface area contributed by atoms with E-state index in [4.69, 9.17) is 4.74 Å². The van der Waals surface area contributed by atoms with Gasteiger partial charge in [-0.1, -0.05) is 0 Å². The molecule has 0 radical (unpaired) electrons. The highest BCUT2D eigenvalue weighted by Crippen LogP contribution is 2.18. The van der Waals surface area contributed by atoms with Gasteiger partial charge >= 0.3 is 0 Å². The number of carbonyl (C=O) groups excluding carboxylic acids is 1. The lowest BCUT2D eigenvalue weighted by Crippen LogP contribution is -2.27. The number of benzene rings is 2. The maximum atomic E-state index is 11.3. The minimum absolute atomic E-state index is 0.0227. The van der Waals surface area contributed by atoms with Crippen molar-refractivity contribution >= 4 is 16.8 Å². The molecule has 0 saturated heterocycles. The molecule has 3 rings (SSSR count).